The van der Waals surface area contributed by atoms with Crippen molar-refractivity contribution in [3.05, 3.63) is 40.7 Å². The van der Waals surface area contributed by atoms with Gasteiger partial charge < -0.3 is 5.73 Å². The van der Waals surface area contributed by atoms with Gasteiger partial charge in [0.25, 0.3) is 0 Å². The van der Waals surface area contributed by atoms with Gasteiger partial charge >= 0.3 is 0 Å². The predicted octanol–water partition coefficient (Wildman–Crippen LogP) is 1.64. The summed E-state index contributed by atoms with van der Waals surface area (Å²) in [5.41, 5.74) is 6.77. The molecule has 3 nitrogen and oxygen atoms in total. The fourth-order valence-corrected chi connectivity index (χ4v) is 0.970. The van der Waals surface area contributed by atoms with Crippen molar-refractivity contribution in [1.29, 1.82) is 0 Å². The Kier molecular flexibility index (Phi) is 2.11. The molecule has 0 fully saturated rings. The van der Waals surface area contributed by atoms with Gasteiger partial charge in [0.15, 0.2) is 5.69 Å². The second-order valence-electron chi connectivity index (χ2n) is 2.53. The molecule has 1 amide bonds. The molecule has 3 heteroatoms. The summed E-state index contributed by atoms with van der Waals surface area (Å²) in [7, 11) is 0. The highest BCUT2D eigenvalue weighted by Crippen LogP contribution is 2.16. The van der Waals surface area contributed by atoms with Crippen molar-refractivity contribution in [3.63, 3.8) is 0 Å². The van der Waals surface area contributed by atoms with Crippen molar-refractivity contribution >= 4 is 11.6 Å². The molecule has 0 aromatic heterocycles. The molecule has 0 spiro atoms. The first-order valence-corrected chi connectivity index (χ1v) is 3.42. The summed E-state index contributed by atoms with van der Waals surface area (Å²) < 4.78 is 0. The van der Waals surface area contributed by atoms with Crippen LogP contribution in [0.25, 0.3) is 4.85 Å². The lowest BCUT2D eigenvalue weighted by Gasteiger charge is -1.98. The lowest BCUT2D eigenvalue weighted by atomic mass is 10.1. The van der Waals surface area contributed by atoms with E-state index < -0.39 is 5.91 Å². The van der Waals surface area contributed by atoms with E-state index in [9.17, 15) is 4.79 Å². The Hall–Kier alpha value is -1.82. The van der Waals surface area contributed by atoms with Gasteiger partial charge in [0.1, 0.15) is 0 Å². The third-order valence-electron chi connectivity index (χ3n) is 1.48. The summed E-state index contributed by atoms with van der Waals surface area (Å²) in [4.78, 5) is 14.0. The first-order chi connectivity index (χ1) is 5.63. The normalized spacial score (nSPS) is 9.00. The van der Waals surface area contributed by atoms with Crippen LogP contribution in [0.4, 0.5) is 5.69 Å². The van der Waals surface area contributed by atoms with Crippen LogP contribution >= 0.6 is 0 Å². The summed E-state index contributed by atoms with van der Waals surface area (Å²) >= 11 is 0. The van der Waals surface area contributed by atoms with E-state index in [2.05, 4.69) is 4.85 Å². The van der Waals surface area contributed by atoms with E-state index in [1.807, 2.05) is 6.92 Å². The van der Waals surface area contributed by atoms with Gasteiger partial charge in [-0.1, -0.05) is 11.6 Å². The molecule has 60 valence electrons. The Morgan fingerprint density at radius 2 is 2.17 bits per heavy atom. The summed E-state index contributed by atoms with van der Waals surface area (Å²) in [5.74, 6) is -0.497. The molecule has 12 heavy (non-hydrogen) atoms. The first-order valence-electron chi connectivity index (χ1n) is 3.42. The number of aryl methyl sites for hydroxylation is 1. The van der Waals surface area contributed by atoms with E-state index in [1.54, 1.807) is 12.1 Å². The molecule has 0 bridgehead atoms. The third kappa shape index (κ3) is 1.61. The van der Waals surface area contributed by atoms with Gasteiger partial charge in [-0.2, -0.15) is 0 Å². The maximum Gasteiger partial charge on any atom is 0.247 e. The predicted molar refractivity (Wildman–Crippen MR) is 46.0 cm³/mol. The average Bonchev–Trinajstić information content (AvgIpc) is 2.03. The minimum atomic E-state index is -0.497. The number of hydrogen-bond donors (Lipinski definition) is 1. The molecule has 1 aromatic rings. The van der Waals surface area contributed by atoms with Gasteiger partial charge in [-0.3, -0.25) is 4.79 Å². The zero-order chi connectivity index (χ0) is 9.14. The summed E-state index contributed by atoms with van der Waals surface area (Å²) in [6.07, 6.45) is 0. The maximum atomic E-state index is 10.7. The van der Waals surface area contributed by atoms with Crippen LogP contribution in [-0.4, -0.2) is 5.91 Å². The summed E-state index contributed by atoms with van der Waals surface area (Å²) in [6.45, 7) is 8.57. The molecule has 0 aliphatic heterocycles. The largest absolute Gasteiger partial charge is 0.366 e. The Bertz CT molecular complexity index is 363. The molecule has 0 unspecified atom stereocenters. The Morgan fingerprint density at radius 3 is 2.67 bits per heavy atom. The molecule has 0 aliphatic carbocycles. The number of carbonyl (C=O) groups excluding carboxylic acids is 1. The molecule has 0 aliphatic rings. The number of rotatable bonds is 1. The lowest BCUT2D eigenvalue weighted by Crippen LogP contribution is -2.10. The van der Waals surface area contributed by atoms with Gasteiger partial charge in [0, 0.05) is 5.56 Å². The van der Waals surface area contributed by atoms with Gasteiger partial charge in [-0.15, -0.1) is 0 Å². The van der Waals surface area contributed by atoms with Crippen molar-refractivity contribution in [2.24, 2.45) is 5.73 Å². The van der Waals surface area contributed by atoms with Crippen molar-refractivity contribution in [2.75, 3.05) is 0 Å². The highest BCUT2D eigenvalue weighted by molar-refractivity contribution is 5.94. The topological polar surface area (TPSA) is 47.5 Å². The third-order valence-corrected chi connectivity index (χ3v) is 1.48. The summed E-state index contributed by atoms with van der Waals surface area (Å²) in [5, 5.41) is 0. The van der Waals surface area contributed by atoms with E-state index >= 15 is 0 Å². The molecule has 0 saturated carbocycles. The molecule has 0 heterocycles. The van der Waals surface area contributed by atoms with Gasteiger partial charge in [-0.25, -0.2) is 4.85 Å². The SMILES string of the molecule is [C-]#[N+]c1cc(C)cc(C(N)=O)c1. The van der Waals surface area contributed by atoms with E-state index in [0.717, 1.165) is 5.56 Å². The minimum absolute atomic E-state index is 0.390. The highest BCUT2D eigenvalue weighted by Gasteiger charge is 2.02. The van der Waals surface area contributed by atoms with Gasteiger partial charge in [0.2, 0.25) is 5.91 Å². The van der Waals surface area contributed by atoms with Crippen molar-refractivity contribution in [1.82, 2.24) is 0 Å². The van der Waals surface area contributed by atoms with Crippen LogP contribution in [0.5, 0.6) is 0 Å². The van der Waals surface area contributed by atoms with Crippen molar-refractivity contribution in [2.45, 2.75) is 6.92 Å². The number of carbonyl (C=O) groups is 1. The molecule has 1 aromatic carbocycles. The fraction of sp³-hybridized carbons (Fsp3) is 0.111. The van der Waals surface area contributed by atoms with Crippen LogP contribution in [0.1, 0.15) is 15.9 Å². The number of nitrogens with zero attached hydrogens (tertiary/aromatic N) is 1. The number of nitrogens with two attached hydrogens (primary N) is 1. The Labute approximate surface area is 70.6 Å². The van der Waals surface area contributed by atoms with Crippen LogP contribution in [0.3, 0.4) is 0 Å². The van der Waals surface area contributed by atoms with Crippen LogP contribution < -0.4 is 5.73 Å². The van der Waals surface area contributed by atoms with Crippen LogP contribution in [0.15, 0.2) is 18.2 Å². The van der Waals surface area contributed by atoms with Crippen LogP contribution in [-0.2, 0) is 0 Å². The zero-order valence-electron chi connectivity index (χ0n) is 6.66. The molecule has 2 N–H and O–H groups in total. The minimum Gasteiger partial charge on any atom is -0.366 e. The molecule has 0 radical (unpaired) electrons. The number of amides is 1. The lowest BCUT2D eigenvalue weighted by molar-refractivity contribution is 0.100. The van der Waals surface area contributed by atoms with Crippen molar-refractivity contribution in [3.8, 4) is 0 Å². The van der Waals surface area contributed by atoms with Gasteiger partial charge in [0.05, 0.1) is 6.57 Å². The highest BCUT2D eigenvalue weighted by atomic mass is 16.1. The van der Waals surface area contributed by atoms with E-state index in [-0.39, 0.29) is 0 Å². The van der Waals surface area contributed by atoms with E-state index in [1.165, 1.54) is 6.07 Å². The van der Waals surface area contributed by atoms with Crippen LogP contribution in [0.2, 0.25) is 0 Å². The maximum absolute atomic E-state index is 10.7. The quantitative estimate of drug-likeness (QED) is 0.624. The standard InChI is InChI=1S/C9H8N2O/c1-6-3-7(9(10)12)5-8(4-6)11-2/h3-5H,1H3,(H2,10,12). The fourth-order valence-electron chi connectivity index (χ4n) is 0.970. The number of benzene rings is 1. The zero-order valence-corrected chi connectivity index (χ0v) is 6.66. The second kappa shape index (κ2) is 3.05. The van der Waals surface area contributed by atoms with Crippen LogP contribution in [0, 0.1) is 13.5 Å². The first kappa shape index (κ1) is 8.28. The molecule has 0 saturated heterocycles. The summed E-state index contributed by atoms with van der Waals surface area (Å²) in [6, 6.07) is 4.86. The molecule has 0 atom stereocenters. The second-order valence-corrected chi connectivity index (χ2v) is 2.53. The number of primary amides is 1. The molecular weight excluding hydrogens is 152 g/mol. The van der Waals surface area contributed by atoms with Crippen molar-refractivity contribution < 1.29 is 4.79 Å². The van der Waals surface area contributed by atoms with Gasteiger partial charge in [-0.05, 0) is 19.1 Å². The Morgan fingerprint density at radius 1 is 1.50 bits per heavy atom. The Balaban J connectivity index is 3.26. The number of hydrogen-bond acceptors (Lipinski definition) is 1. The molecule has 1 rings (SSSR count). The monoisotopic (exact) mass is 160 g/mol. The average molecular weight is 160 g/mol. The van der Waals surface area contributed by atoms with E-state index in [0.29, 0.717) is 11.3 Å². The molecular formula is C9H8N2O. The van der Waals surface area contributed by atoms with E-state index in [4.69, 9.17) is 12.3 Å². The smallest absolute Gasteiger partial charge is 0.247 e.